The van der Waals surface area contributed by atoms with Crippen molar-refractivity contribution in [1.82, 2.24) is 5.43 Å². The van der Waals surface area contributed by atoms with Gasteiger partial charge in [0.25, 0.3) is 0 Å². The van der Waals surface area contributed by atoms with E-state index < -0.39 is 0 Å². The zero-order chi connectivity index (χ0) is 11.1. The Labute approximate surface area is 88.1 Å². The standard InChI is InChI=1S/C10H13N3O2/c1-3-15-10-6-4-9(5-7-10)12-13-11-8(2)14/h4-7H,3H2,1-2H3,(H,11,12,14). The van der Waals surface area contributed by atoms with Crippen molar-refractivity contribution in [2.45, 2.75) is 13.8 Å². The first-order valence-corrected chi connectivity index (χ1v) is 4.62. The van der Waals surface area contributed by atoms with Gasteiger partial charge in [0.1, 0.15) is 5.75 Å². The zero-order valence-electron chi connectivity index (χ0n) is 8.73. The lowest BCUT2D eigenvalue weighted by Gasteiger charge is -2.01. The van der Waals surface area contributed by atoms with Crippen LogP contribution >= 0.6 is 0 Å². The second-order valence-electron chi connectivity index (χ2n) is 2.79. The van der Waals surface area contributed by atoms with Crippen molar-refractivity contribution in [2.75, 3.05) is 6.61 Å². The van der Waals surface area contributed by atoms with E-state index in [9.17, 15) is 4.79 Å². The molecule has 0 spiro atoms. The molecule has 5 nitrogen and oxygen atoms in total. The number of hydrogen-bond donors (Lipinski definition) is 1. The molecule has 0 aliphatic carbocycles. The quantitative estimate of drug-likeness (QED) is 0.607. The molecule has 1 rings (SSSR count). The molecule has 0 radical (unpaired) electrons. The number of carbonyl (C=O) groups is 1. The van der Waals surface area contributed by atoms with E-state index in [0.29, 0.717) is 12.3 Å². The largest absolute Gasteiger partial charge is 0.494 e. The average Bonchev–Trinajstić information content (AvgIpc) is 2.20. The Morgan fingerprint density at radius 3 is 2.60 bits per heavy atom. The molecule has 0 heterocycles. The molecule has 0 fully saturated rings. The number of rotatable bonds is 4. The topological polar surface area (TPSA) is 63.1 Å². The van der Waals surface area contributed by atoms with Gasteiger partial charge in [-0.15, -0.1) is 5.11 Å². The molecular formula is C10H13N3O2. The predicted octanol–water partition coefficient (Wildman–Crippen LogP) is 2.22. The maximum absolute atomic E-state index is 10.5. The molecule has 0 saturated carbocycles. The van der Waals surface area contributed by atoms with Crippen LogP contribution in [-0.4, -0.2) is 12.5 Å². The van der Waals surface area contributed by atoms with E-state index in [0.717, 1.165) is 5.75 Å². The summed E-state index contributed by atoms with van der Waals surface area (Å²) in [6, 6.07) is 7.11. The molecule has 0 saturated heterocycles. The maximum atomic E-state index is 10.5. The highest BCUT2D eigenvalue weighted by Crippen LogP contribution is 2.17. The van der Waals surface area contributed by atoms with Crippen LogP contribution in [0.15, 0.2) is 34.6 Å². The minimum Gasteiger partial charge on any atom is -0.494 e. The Kier molecular flexibility index (Phi) is 4.28. The molecule has 0 bridgehead atoms. The smallest absolute Gasteiger partial charge is 0.238 e. The van der Waals surface area contributed by atoms with Gasteiger partial charge in [0, 0.05) is 6.92 Å². The van der Waals surface area contributed by atoms with Gasteiger partial charge in [0.2, 0.25) is 5.91 Å². The fourth-order valence-corrected chi connectivity index (χ4v) is 0.929. The highest BCUT2D eigenvalue weighted by molar-refractivity contribution is 5.72. The van der Waals surface area contributed by atoms with Gasteiger partial charge in [0.05, 0.1) is 12.3 Å². The lowest BCUT2D eigenvalue weighted by molar-refractivity contribution is -0.119. The van der Waals surface area contributed by atoms with E-state index in [2.05, 4.69) is 15.8 Å². The Morgan fingerprint density at radius 2 is 2.07 bits per heavy atom. The first-order chi connectivity index (χ1) is 7.22. The van der Waals surface area contributed by atoms with E-state index in [4.69, 9.17) is 4.74 Å². The highest BCUT2D eigenvalue weighted by Gasteiger charge is 1.92. The molecule has 0 aromatic heterocycles. The third-order valence-electron chi connectivity index (χ3n) is 1.52. The van der Waals surface area contributed by atoms with Crippen molar-refractivity contribution < 1.29 is 9.53 Å². The fraction of sp³-hybridized carbons (Fsp3) is 0.300. The van der Waals surface area contributed by atoms with Crippen LogP contribution in [0.25, 0.3) is 0 Å². The second-order valence-corrected chi connectivity index (χ2v) is 2.79. The maximum Gasteiger partial charge on any atom is 0.238 e. The second kappa shape index (κ2) is 5.74. The number of nitrogens with zero attached hydrogens (tertiary/aromatic N) is 2. The summed E-state index contributed by atoms with van der Waals surface area (Å²) in [7, 11) is 0. The molecule has 0 unspecified atom stereocenters. The van der Waals surface area contributed by atoms with Gasteiger partial charge in [-0.2, -0.15) is 0 Å². The van der Waals surface area contributed by atoms with Gasteiger partial charge in [0.15, 0.2) is 0 Å². The van der Waals surface area contributed by atoms with Crippen LogP contribution in [0.4, 0.5) is 5.69 Å². The fourth-order valence-electron chi connectivity index (χ4n) is 0.929. The van der Waals surface area contributed by atoms with E-state index in [1.165, 1.54) is 6.92 Å². The van der Waals surface area contributed by atoms with Crippen molar-refractivity contribution in [1.29, 1.82) is 0 Å². The van der Waals surface area contributed by atoms with Crippen LogP contribution in [0.2, 0.25) is 0 Å². The summed E-state index contributed by atoms with van der Waals surface area (Å²) in [5, 5.41) is 7.29. The summed E-state index contributed by atoms with van der Waals surface area (Å²) in [5.41, 5.74) is 2.88. The van der Waals surface area contributed by atoms with E-state index >= 15 is 0 Å². The predicted molar refractivity (Wildman–Crippen MR) is 55.9 cm³/mol. The molecule has 80 valence electrons. The number of amides is 1. The van der Waals surface area contributed by atoms with Gasteiger partial charge < -0.3 is 4.74 Å². The van der Waals surface area contributed by atoms with Crippen molar-refractivity contribution in [2.24, 2.45) is 10.3 Å². The van der Waals surface area contributed by atoms with Gasteiger partial charge >= 0.3 is 0 Å². The number of ether oxygens (including phenoxy) is 1. The SMILES string of the molecule is CCOc1ccc(N=NNC(C)=O)cc1. The lowest BCUT2D eigenvalue weighted by Crippen LogP contribution is -2.10. The van der Waals surface area contributed by atoms with Gasteiger partial charge in [-0.1, -0.05) is 5.22 Å². The Morgan fingerprint density at radius 1 is 1.40 bits per heavy atom. The van der Waals surface area contributed by atoms with Crippen molar-refractivity contribution >= 4 is 11.6 Å². The summed E-state index contributed by atoms with van der Waals surface area (Å²) in [4.78, 5) is 10.5. The number of hydrogen-bond acceptors (Lipinski definition) is 4. The average molecular weight is 207 g/mol. The molecule has 1 aromatic rings. The number of benzene rings is 1. The summed E-state index contributed by atoms with van der Waals surface area (Å²) in [6.07, 6.45) is 0. The van der Waals surface area contributed by atoms with Gasteiger partial charge in [-0.05, 0) is 31.2 Å². The van der Waals surface area contributed by atoms with Crippen molar-refractivity contribution in [3.8, 4) is 5.75 Å². The highest BCUT2D eigenvalue weighted by atomic mass is 16.5. The van der Waals surface area contributed by atoms with Crippen LogP contribution in [0.3, 0.4) is 0 Å². The van der Waals surface area contributed by atoms with E-state index in [1.54, 1.807) is 24.3 Å². The molecule has 0 aliphatic heterocycles. The number of nitrogens with one attached hydrogen (secondary N) is 1. The molecule has 0 aliphatic rings. The van der Waals surface area contributed by atoms with Gasteiger partial charge in [-0.25, -0.2) is 5.43 Å². The van der Waals surface area contributed by atoms with Crippen molar-refractivity contribution in [3.63, 3.8) is 0 Å². The first-order valence-electron chi connectivity index (χ1n) is 4.62. The molecule has 15 heavy (non-hydrogen) atoms. The Hall–Kier alpha value is -1.91. The summed E-state index contributed by atoms with van der Waals surface area (Å²) >= 11 is 0. The first kappa shape index (κ1) is 11.2. The van der Waals surface area contributed by atoms with Crippen LogP contribution in [0.1, 0.15) is 13.8 Å². The van der Waals surface area contributed by atoms with Crippen molar-refractivity contribution in [3.05, 3.63) is 24.3 Å². The van der Waals surface area contributed by atoms with Crippen LogP contribution < -0.4 is 10.2 Å². The van der Waals surface area contributed by atoms with Crippen LogP contribution in [0.5, 0.6) is 5.75 Å². The molecule has 1 amide bonds. The van der Waals surface area contributed by atoms with Crippen LogP contribution in [0, 0.1) is 0 Å². The summed E-state index contributed by atoms with van der Waals surface area (Å²) in [6.45, 7) is 3.92. The molecule has 5 heteroatoms. The molecule has 1 aromatic carbocycles. The van der Waals surface area contributed by atoms with E-state index in [1.807, 2.05) is 6.92 Å². The minimum atomic E-state index is -0.246. The monoisotopic (exact) mass is 207 g/mol. The molecule has 1 N–H and O–H groups in total. The molecule has 0 atom stereocenters. The lowest BCUT2D eigenvalue weighted by atomic mass is 10.3. The van der Waals surface area contributed by atoms with Crippen LogP contribution in [-0.2, 0) is 4.79 Å². The zero-order valence-corrected chi connectivity index (χ0v) is 8.73. The molecular weight excluding hydrogens is 194 g/mol. The number of carbonyl (C=O) groups excluding carboxylic acids is 1. The van der Waals surface area contributed by atoms with Gasteiger partial charge in [-0.3, -0.25) is 4.79 Å². The summed E-state index contributed by atoms with van der Waals surface area (Å²) in [5.74, 6) is 0.542. The van der Waals surface area contributed by atoms with E-state index in [-0.39, 0.29) is 5.91 Å². The Balaban J connectivity index is 2.56. The minimum absolute atomic E-state index is 0.246. The normalized spacial score (nSPS) is 10.3. The third kappa shape index (κ3) is 4.21. The summed E-state index contributed by atoms with van der Waals surface area (Å²) < 4.78 is 5.26. The Bertz CT molecular complexity index is 346. The third-order valence-corrected chi connectivity index (χ3v) is 1.52.